The molecule has 2 aliphatic heterocycles. The fourth-order valence-corrected chi connectivity index (χ4v) is 2.98. The molecule has 0 atom stereocenters. The molecule has 0 unspecified atom stereocenters. The lowest BCUT2D eigenvalue weighted by Gasteiger charge is -2.30. The minimum Gasteiger partial charge on any atom is -0.334 e. The van der Waals surface area contributed by atoms with Gasteiger partial charge >= 0.3 is 0 Å². The van der Waals surface area contributed by atoms with Crippen LogP contribution in [0, 0.1) is 0 Å². The number of carbonyl (C=O) groups excluding carboxylic acids is 2. The lowest BCUT2D eigenvalue weighted by Crippen LogP contribution is -3.12. The summed E-state index contributed by atoms with van der Waals surface area (Å²) in [5.41, 5.74) is 1.61. The SMILES string of the molecule is C[NH+]1CCN(C(=O)c2ccc(N3CCCC3=O)cc2)CC1. The largest absolute Gasteiger partial charge is 0.334 e. The smallest absolute Gasteiger partial charge is 0.254 e. The Morgan fingerprint density at radius 2 is 1.76 bits per heavy atom. The molecule has 1 aromatic rings. The van der Waals surface area contributed by atoms with Gasteiger partial charge in [0.2, 0.25) is 5.91 Å². The Bertz CT molecular complexity index is 533. The summed E-state index contributed by atoms with van der Waals surface area (Å²) in [6, 6.07) is 7.46. The lowest BCUT2D eigenvalue weighted by molar-refractivity contribution is -0.883. The topological polar surface area (TPSA) is 45.1 Å². The van der Waals surface area contributed by atoms with Gasteiger partial charge in [-0.05, 0) is 30.7 Å². The number of anilines is 1. The Kier molecular flexibility index (Phi) is 3.92. The lowest BCUT2D eigenvalue weighted by atomic mass is 10.1. The Morgan fingerprint density at radius 1 is 1.10 bits per heavy atom. The van der Waals surface area contributed by atoms with E-state index in [4.69, 9.17) is 0 Å². The Balaban J connectivity index is 1.69. The van der Waals surface area contributed by atoms with Crippen LogP contribution in [0.15, 0.2) is 24.3 Å². The van der Waals surface area contributed by atoms with Crippen LogP contribution in [-0.4, -0.2) is 56.5 Å². The van der Waals surface area contributed by atoms with Crippen LogP contribution in [0.5, 0.6) is 0 Å². The molecule has 2 amide bonds. The number of quaternary nitrogens is 1. The van der Waals surface area contributed by atoms with Crippen molar-refractivity contribution >= 4 is 17.5 Å². The van der Waals surface area contributed by atoms with Crippen LogP contribution in [0.25, 0.3) is 0 Å². The number of nitrogens with one attached hydrogen (secondary N) is 1. The van der Waals surface area contributed by atoms with E-state index in [2.05, 4.69) is 7.05 Å². The van der Waals surface area contributed by atoms with Crippen LogP contribution in [0.2, 0.25) is 0 Å². The number of hydrogen-bond donors (Lipinski definition) is 1. The molecule has 2 aliphatic rings. The third-order valence-corrected chi connectivity index (χ3v) is 4.40. The first-order chi connectivity index (χ1) is 10.1. The number of likely N-dealkylation sites (N-methyl/N-ethyl adjacent to an activating group) is 1. The Hall–Kier alpha value is -1.88. The molecule has 112 valence electrons. The highest BCUT2D eigenvalue weighted by atomic mass is 16.2. The molecular weight excluding hydrogens is 266 g/mol. The zero-order chi connectivity index (χ0) is 14.8. The molecule has 0 spiro atoms. The van der Waals surface area contributed by atoms with Gasteiger partial charge in [-0.25, -0.2) is 0 Å². The van der Waals surface area contributed by atoms with Crippen molar-refractivity contribution in [2.75, 3.05) is 44.7 Å². The second-order valence-corrected chi connectivity index (χ2v) is 5.95. The second kappa shape index (κ2) is 5.85. The van der Waals surface area contributed by atoms with Gasteiger partial charge < -0.3 is 14.7 Å². The van der Waals surface area contributed by atoms with Gasteiger partial charge in [-0.2, -0.15) is 0 Å². The van der Waals surface area contributed by atoms with Crippen molar-refractivity contribution in [1.82, 2.24) is 4.90 Å². The highest BCUT2D eigenvalue weighted by Gasteiger charge is 2.24. The summed E-state index contributed by atoms with van der Waals surface area (Å²) in [5, 5.41) is 0. The van der Waals surface area contributed by atoms with Gasteiger partial charge in [-0.3, -0.25) is 9.59 Å². The predicted molar refractivity (Wildman–Crippen MR) is 80.6 cm³/mol. The van der Waals surface area contributed by atoms with Crippen LogP contribution in [0.3, 0.4) is 0 Å². The van der Waals surface area contributed by atoms with E-state index >= 15 is 0 Å². The van der Waals surface area contributed by atoms with Crippen molar-refractivity contribution < 1.29 is 14.5 Å². The average molecular weight is 288 g/mol. The van der Waals surface area contributed by atoms with Crippen molar-refractivity contribution in [2.24, 2.45) is 0 Å². The third kappa shape index (κ3) is 2.93. The van der Waals surface area contributed by atoms with E-state index in [1.54, 1.807) is 4.90 Å². The van der Waals surface area contributed by atoms with Gasteiger partial charge in [0.25, 0.3) is 5.91 Å². The van der Waals surface area contributed by atoms with Gasteiger partial charge in [0.1, 0.15) is 0 Å². The van der Waals surface area contributed by atoms with Gasteiger partial charge in [0.05, 0.1) is 33.2 Å². The molecule has 1 N–H and O–H groups in total. The maximum absolute atomic E-state index is 12.4. The molecule has 1 aromatic carbocycles. The van der Waals surface area contributed by atoms with Gasteiger partial charge in [0.15, 0.2) is 0 Å². The van der Waals surface area contributed by atoms with Crippen LogP contribution < -0.4 is 9.80 Å². The van der Waals surface area contributed by atoms with Crippen molar-refractivity contribution in [3.05, 3.63) is 29.8 Å². The number of amides is 2. The van der Waals surface area contributed by atoms with E-state index in [9.17, 15) is 9.59 Å². The average Bonchev–Trinajstić information content (AvgIpc) is 2.94. The van der Waals surface area contributed by atoms with E-state index < -0.39 is 0 Å². The second-order valence-electron chi connectivity index (χ2n) is 5.95. The molecule has 0 aromatic heterocycles. The van der Waals surface area contributed by atoms with Crippen LogP contribution >= 0.6 is 0 Å². The molecule has 2 heterocycles. The summed E-state index contributed by atoms with van der Waals surface area (Å²) >= 11 is 0. The van der Waals surface area contributed by atoms with Crippen molar-refractivity contribution in [3.63, 3.8) is 0 Å². The number of hydrogen-bond acceptors (Lipinski definition) is 2. The molecular formula is C16H22N3O2+. The summed E-state index contributed by atoms with van der Waals surface area (Å²) < 4.78 is 0. The summed E-state index contributed by atoms with van der Waals surface area (Å²) in [6.45, 7) is 4.43. The molecule has 2 fully saturated rings. The molecule has 21 heavy (non-hydrogen) atoms. The maximum atomic E-state index is 12.4. The third-order valence-electron chi connectivity index (χ3n) is 4.40. The number of nitrogens with zero attached hydrogens (tertiary/aromatic N) is 2. The minimum absolute atomic E-state index is 0.0989. The zero-order valence-electron chi connectivity index (χ0n) is 12.5. The first kappa shape index (κ1) is 14.1. The van der Waals surface area contributed by atoms with E-state index in [0.29, 0.717) is 12.0 Å². The van der Waals surface area contributed by atoms with Crippen molar-refractivity contribution in [1.29, 1.82) is 0 Å². The first-order valence-corrected chi connectivity index (χ1v) is 7.66. The van der Waals surface area contributed by atoms with E-state index in [1.165, 1.54) is 4.90 Å². The fourth-order valence-electron chi connectivity index (χ4n) is 2.98. The zero-order valence-corrected chi connectivity index (χ0v) is 12.5. The van der Waals surface area contributed by atoms with E-state index in [0.717, 1.165) is 44.8 Å². The number of benzene rings is 1. The molecule has 0 saturated carbocycles. The Morgan fingerprint density at radius 3 is 2.33 bits per heavy atom. The Labute approximate surface area is 125 Å². The van der Waals surface area contributed by atoms with E-state index in [1.807, 2.05) is 29.2 Å². The van der Waals surface area contributed by atoms with Crippen molar-refractivity contribution in [3.8, 4) is 0 Å². The summed E-state index contributed by atoms with van der Waals surface area (Å²) in [5.74, 6) is 0.276. The van der Waals surface area contributed by atoms with Crippen LogP contribution in [0.1, 0.15) is 23.2 Å². The number of rotatable bonds is 2. The summed E-state index contributed by atoms with van der Waals surface area (Å²) in [4.78, 5) is 29.4. The van der Waals surface area contributed by atoms with Crippen molar-refractivity contribution in [2.45, 2.75) is 12.8 Å². The first-order valence-electron chi connectivity index (χ1n) is 7.66. The molecule has 0 aliphatic carbocycles. The summed E-state index contributed by atoms with van der Waals surface area (Å²) in [6.07, 6.45) is 1.55. The van der Waals surface area contributed by atoms with E-state index in [-0.39, 0.29) is 11.8 Å². The van der Waals surface area contributed by atoms with Crippen LogP contribution in [-0.2, 0) is 4.79 Å². The highest BCUT2D eigenvalue weighted by molar-refractivity contribution is 5.97. The van der Waals surface area contributed by atoms with Gasteiger partial charge in [-0.1, -0.05) is 0 Å². The number of carbonyl (C=O) groups is 2. The predicted octanol–water partition coefficient (Wildman–Crippen LogP) is -0.216. The maximum Gasteiger partial charge on any atom is 0.254 e. The normalized spacial score (nSPS) is 20.1. The fraction of sp³-hybridized carbons (Fsp3) is 0.500. The molecule has 0 bridgehead atoms. The van der Waals surface area contributed by atoms with Gasteiger partial charge in [-0.15, -0.1) is 0 Å². The highest BCUT2D eigenvalue weighted by Crippen LogP contribution is 2.22. The van der Waals surface area contributed by atoms with Gasteiger partial charge in [0, 0.05) is 24.2 Å². The molecule has 5 heteroatoms. The minimum atomic E-state index is 0.0989. The quantitative estimate of drug-likeness (QED) is 0.818. The molecule has 5 nitrogen and oxygen atoms in total. The molecule has 3 rings (SSSR count). The monoisotopic (exact) mass is 288 g/mol. The molecule has 2 saturated heterocycles. The number of piperazine rings is 1. The van der Waals surface area contributed by atoms with Crippen LogP contribution in [0.4, 0.5) is 5.69 Å². The molecule has 0 radical (unpaired) electrons. The standard InChI is InChI=1S/C16H21N3O2/c1-17-9-11-18(12-10-17)16(21)13-4-6-14(7-5-13)19-8-2-3-15(19)20/h4-7H,2-3,8-12H2,1H3/p+1. The summed E-state index contributed by atoms with van der Waals surface area (Å²) in [7, 11) is 2.16.